The smallest absolute Gasteiger partial charge is 0.291 e. The van der Waals surface area contributed by atoms with E-state index in [2.05, 4.69) is 15.0 Å². The Morgan fingerprint density at radius 2 is 1.71 bits per heavy atom. The number of fused-ring (bicyclic) bond motifs is 1. The Morgan fingerprint density at radius 3 is 2.33 bits per heavy atom. The highest BCUT2D eigenvalue weighted by Gasteiger charge is 2.23. The number of aromatic nitrogens is 3. The van der Waals surface area contributed by atoms with Crippen LogP contribution in [0.2, 0.25) is 0 Å². The van der Waals surface area contributed by atoms with E-state index < -0.39 is 0 Å². The summed E-state index contributed by atoms with van der Waals surface area (Å²) in [6.45, 7) is 5.56. The van der Waals surface area contributed by atoms with Gasteiger partial charge < -0.3 is 9.80 Å². The predicted molar refractivity (Wildman–Crippen MR) is 95.5 cm³/mol. The van der Waals surface area contributed by atoms with Gasteiger partial charge in [0.2, 0.25) is 5.82 Å². The highest BCUT2D eigenvalue weighted by molar-refractivity contribution is 5.96. The zero-order valence-electron chi connectivity index (χ0n) is 15.0. The number of rotatable bonds is 2. The lowest BCUT2D eigenvalue weighted by molar-refractivity contribution is 0.0750. The van der Waals surface area contributed by atoms with Gasteiger partial charge >= 0.3 is 0 Å². The van der Waals surface area contributed by atoms with Crippen LogP contribution >= 0.6 is 0 Å². The van der Waals surface area contributed by atoms with Gasteiger partial charge in [-0.1, -0.05) is 12.8 Å². The van der Waals surface area contributed by atoms with Gasteiger partial charge in [-0.25, -0.2) is 15.0 Å². The number of nitrogens with zero attached hydrogens (tertiary/aromatic N) is 5. The van der Waals surface area contributed by atoms with Crippen molar-refractivity contribution in [1.82, 2.24) is 19.9 Å². The van der Waals surface area contributed by atoms with Crippen molar-refractivity contribution in [3.63, 3.8) is 0 Å². The fraction of sp³-hybridized carbons (Fsp3) is 0.556. The zero-order valence-corrected chi connectivity index (χ0v) is 15.0. The Labute approximate surface area is 142 Å². The summed E-state index contributed by atoms with van der Waals surface area (Å²) >= 11 is 0. The monoisotopic (exact) mass is 327 g/mol. The van der Waals surface area contributed by atoms with Crippen LogP contribution in [0, 0.1) is 13.8 Å². The molecule has 1 saturated heterocycles. The molecule has 1 aliphatic rings. The van der Waals surface area contributed by atoms with Crippen LogP contribution in [-0.4, -0.2) is 52.9 Å². The fourth-order valence-electron chi connectivity index (χ4n) is 3.29. The number of amides is 1. The van der Waals surface area contributed by atoms with Crippen LogP contribution in [0.15, 0.2) is 6.07 Å². The number of anilines is 1. The van der Waals surface area contributed by atoms with Crippen molar-refractivity contribution in [3.05, 3.63) is 23.1 Å². The normalized spacial score (nSPS) is 15.4. The SMILES string of the molecule is Cc1cc(C)c2c(N(C)C)nc(C(=O)N3CCCCCC3)nc2n1. The van der Waals surface area contributed by atoms with Gasteiger partial charge in [-0.05, 0) is 38.3 Å². The van der Waals surface area contributed by atoms with Crippen LogP contribution in [0.25, 0.3) is 11.0 Å². The number of aryl methyl sites for hydroxylation is 2. The fourth-order valence-corrected chi connectivity index (χ4v) is 3.29. The van der Waals surface area contributed by atoms with Crippen molar-refractivity contribution in [2.75, 3.05) is 32.1 Å². The second-order valence-electron chi connectivity index (χ2n) is 6.75. The average Bonchev–Trinajstić information content (AvgIpc) is 2.81. The molecule has 1 fully saturated rings. The average molecular weight is 327 g/mol. The Balaban J connectivity index is 2.09. The first-order chi connectivity index (χ1) is 11.5. The molecule has 24 heavy (non-hydrogen) atoms. The van der Waals surface area contributed by atoms with Gasteiger partial charge in [0.15, 0.2) is 5.65 Å². The number of hydrogen-bond acceptors (Lipinski definition) is 5. The van der Waals surface area contributed by atoms with Gasteiger partial charge in [-0.3, -0.25) is 4.79 Å². The summed E-state index contributed by atoms with van der Waals surface area (Å²) in [7, 11) is 3.86. The van der Waals surface area contributed by atoms with Gasteiger partial charge in [-0.15, -0.1) is 0 Å². The van der Waals surface area contributed by atoms with E-state index in [1.165, 1.54) is 12.8 Å². The number of likely N-dealkylation sites (tertiary alicyclic amines) is 1. The lowest BCUT2D eigenvalue weighted by Gasteiger charge is -2.21. The summed E-state index contributed by atoms with van der Waals surface area (Å²) in [6.07, 6.45) is 4.48. The maximum atomic E-state index is 12.9. The van der Waals surface area contributed by atoms with E-state index in [1.807, 2.05) is 43.8 Å². The molecule has 1 amide bonds. The number of carbonyl (C=O) groups is 1. The Kier molecular flexibility index (Phi) is 4.64. The molecule has 0 saturated carbocycles. The van der Waals surface area contributed by atoms with Gasteiger partial charge in [0.1, 0.15) is 5.82 Å². The van der Waals surface area contributed by atoms with Crippen molar-refractivity contribution in [2.45, 2.75) is 39.5 Å². The van der Waals surface area contributed by atoms with E-state index in [4.69, 9.17) is 0 Å². The molecule has 0 unspecified atom stereocenters. The molecule has 3 heterocycles. The molecule has 6 nitrogen and oxygen atoms in total. The molecule has 128 valence electrons. The Bertz CT molecular complexity index is 764. The minimum Gasteiger partial charge on any atom is -0.362 e. The molecule has 2 aromatic rings. The highest BCUT2D eigenvalue weighted by Crippen LogP contribution is 2.26. The van der Waals surface area contributed by atoms with Crippen LogP contribution in [0.3, 0.4) is 0 Å². The summed E-state index contributed by atoms with van der Waals surface area (Å²) in [5.74, 6) is 0.927. The van der Waals surface area contributed by atoms with E-state index in [1.54, 1.807) is 0 Å². The lowest BCUT2D eigenvalue weighted by Crippen LogP contribution is -2.33. The van der Waals surface area contributed by atoms with Crippen molar-refractivity contribution in [3.8, 4) is 0 Å². The minimum atomic E-state index is -0.0807. The van der Waals surface area contributed by atoms with Gasteiger partial charge in [0, 0.05) is 32.9 Å². The zero-order chi connectivity index (χ0) is 17.3. The van der Waals surface area contributed by atoms with Crippen LogP contribution < -0.4 is 4.90 Å². The van der Waals surface area contributed by atoms with E-state index in [0.717, 1.165) is 48.4 Å². The molecular formula is C18H25N5O. The number of pyridine rings is 1. The molecule has 1 aliphatic heterocycles. The van der Waals surface area contributed by atoms with E-state index in [0.29, 0.717) is 5.65 Å². The first kappa shape index (κ1) is 16.6. The van der Waals surface area contributed by atoms with Crippen molar-refractivity contribution < 1.29 is 4.79 Å². The van der Waals surface area contributed by atoms with E-state index in [-0.39, 0.29) is 11.7 Å². The molecule has 0 aromatic carbocycles. The van der Waals surface area contributed by atoms with Crippen LogP contribution in [0.5, 0.6) is 0 Å². The van der Waals surface area contributed by atoms with Crippen LogP contribution in [0.4, 0.5) is 5.82 Å². The third-order valence-corrected chi connectivity index (χ3v) is 4.48. The molecule has 3 rings (SSSR count). The van der Waals surface area contributed by atoms with Gasteiger partial charge in [0.25, 0.3) is 5.91 Å². The number of hydrogen-bond donors (Lipinski definition) is 0. The summed E-state index contributed by atoms with van der Waals surface area (Å²) in [4.78, 5) is 30.3. The third kappa shape index (κ3) is 3.18. The molecule has 0 radical (unpaired) electrons. The molecule has 0 aliphatic carbocycles. The molecule has 0 N–H and O–H groups in total. The molecule has 2 aromatic heterocycles. The number of carbonyl (C=O) groups excluding carboxylic acids is 1. The molecule has 0 spiro atoms. The predicted octanol–water partition coefficient (Wildman–Crippen LogP) is 2.72. The van der Waals surface area contributed by atoms with Gasteiger partial charge in [0.05, 0.1) is 5.39 Å². The van der Waals surface area contributed by atoms with Crippen molar-refractivity contribution >= 4 is 22.8 Å². The van der Waals surface area contributed by atoms with E-state index in [9.17, 15) is 4.79 Å². The standard InChI is InChI=1S/C18H25N5O/c1-12-11-13(2)19-15-14(12)17(22(3)4)21-16(20-15)18(24)23-9-7-5-6-8-10-23/h11H,5-10H2,1-4H3. The van der Waals surface area contributed by atoms with Gasteiger partial charge in [-0.2, -0.15) is 0 Å². The van der Waals surface area contributed by atoms with E-state index >= 15 is 0 Å². The summed E-state index contributed by atoms with van der Waals surface area (Å²) in [5.41, 5.74) is 2.58. The van der Waals surface area contributed by atoms with Crippen molar-refractivity contribution in [2.24, 2.45) is 0 Å². The summed E-state index contributed by atoms with van der Waals surface area (Å²) in [6, 6.07) is 2.02. The maximum absolute atomic E-state index is 12.9. The lowest BCUT2D eigenvalue weighted by atomic mass is 10.1. The molecule has 0 atom stereocenters. The highest BCUT2D eigenvalue weighted by atomic mass is 16.2. The summed E-state index contributed by atoms with van der Waals surface area (Å²) in [5, 5.41) is 0.915. The topological polar surface area (TPSA) is 62.2 Å². The quantitative estimate of drug-likeness (QED) is 0.849. The Morgan fingerprint density at radius 1 is 1.04 bits per heavy atom. The molecular weight excluding hydrogens is 302 g/mol. The van der Waals surface area contributed by atoms with Crippen molar-refractivity contribution in [1.29, 1.82) is 0 Å². The van der Waals surface area contributed by atoms with Crippen LogP contribution in [0.1, 0.15) is 47.6 Å². The third-order valence-electron chi connectivity index (χ3n) is 4.48. The first-order valence-electron chi connectivity index (χ1n) is 8.60. The minimum absolute atomic E-state index is 0.0807. The summed E-state index contributed by atoms with van der Waals surface area (Å²) < 4.78 is 0. The Hall–Kier alpha value is -2.24. The first-order valence-corrected chi connectivity index (χ1v) is 8.60. The van der Waals surface area contributed by atoms with Crippen LogP contribution in [-0.2, 0) is 0 Å². The maximum Gasteiger partial charge on any atom is 0.291 e. The second kappa shape index (κ2) is 6.71. The molecule has 6 heteroatoms. The second-order valence-corrected chi connectivity index (χ2v) is 6.75. The molecule has 0 bridgehead atoms. The largest absolute Gasteiger partial charge is 0.362 e.